The lowest BCUT2D eigenvalue weighted by Gasteiger charge is -2.12. The Kier molecular flexibility index (Phi) is 3.97. The largest absolute Gasteiger partial charge is 0.504 e. The molecule has 1 rings (SSSR count). The number of rotatable bonds is 5. The molecule has 0 fully saturated rings. The maximum atomic E-state index is 10.8. The Bertz CT molecular complexity index is 347. The molecule has 82 valence electrons. The average Bonchev–Trinajstić information content (AvgIpc) is 2.26. The Morgan fingerprint density at radius 2 is 2.13 bits per heavy atom. The highest BCUT2D eigenvalue weighted by atomic mass is 16.5. The number of benzene rings is 1. The number of hydrogen-bond donors (Lipinski definition) is 1. The summed E-state index contributed by atoms with van der Waals surface area (Å²) in [5.41, 5.74) is 0.373. The molecule has 0 heterocycles. The van der Waals surface area contributed by atoms with Crippen molar-refractivity contribution in [2.45, 2.75) is 13.3 Å². The van der Waals surface area contributed by atoms with Gasteiger partial charge in [0.05, 0.1) is 19.3 Å². The summed E-state index contributed by atoms with van der Waals surface area (Å²) in [6.45, 7) is 2.43. The number of phenols is 1. The van der Waals surface area contributed by atoms with Crippen molar-refractivity contribution in [1.82, 2.24) is 0 Å². The summed E-state index contributed by atoms with van der Waals surface area (Å²) in [7, 11) is 1.42. The van der Waals surface area contributed by atoms with Gasteiger partial charge in [-0.2, -0.15) is 0 Å². The van der Waals surface area contributed by atoms with Gasteiger partial charge in [-0.3, -0.25) is 4.79 Å². The van der Waals surface area contributed by atoms with Crippen LogP contribution in [0.5, 0.6) is 17.2 Å². The standard InChI is InChI=1S/C11H14O4/c1-3-6-15-10-8(7-12)4-5-9(13)11(10)14-2/h4-5,7,13H,3,6H2,1-2H3. The van der Waals surface area contributed by atoms with Crippen molar-refractivity contribution in [2.24, 2.45) is 0 Å². The van der Waals surface area contributed by atoms with Crippen LogP contribution in [0.2, 0.25) is 0 Å². The lowest BCUT2D eigenvalue weighted by Crippen LogP contribution is -2.01. The third kappa shape index (κ3) is 2.40. The van der Waals surface area contributed by atoms with Crippen molar-refractivity contribution in [1.29, 1.82) is 0 Å². The van der Waals surface area contributed by atoms with Gasteiger partial charge in [0.25, 0.3) is 0 Å². The molecule has 0 saturated heterocycles. The number of aromatic hydroxyl groups is 1. The first-order valence-electron chi connectivity index (χ1n) is 4.72. The summed E-state index contributed by atoms with van der Waals surface area (Å²) >= 11 is 0. The first-order valence-corrected chi connectivity index (χ1v) is 4.72. The van der Waals surface area contributed by atoms with Gasteiger partial charge in [0.15, 0.2) is 17.8 Å². The Morgan fingerprint density at radius 1 is 1.40 bits per heavy atom. The van der Waals surface area contributed by atoms with Gasteiger partial charge in [-0.15, -0.1) is 0 Å². The lowest BCUT2D eigenvalue weighted by molar-refractivity contribution is 0.111. The number of hydrogen-bond acceptors (Lipinski definition) is 4. The fourth-order valence-corrected chi connectivity index (χ4v) is 1.21. The van der Waals surface area contributed by atoms with Crippen molar-refractivity contribution in [3.63, 3.8) is 0 Å². The van der Waals surface area contributed by atoms with E-state index >= 15 is 0 Å². The number of methoxy groups -OCH3 is 1. The number of aldehydes is 1. The predicted molar refractivity (Wildman–Crippen MR) is 55.8 cm³/mol. The number of ether oxygens (including phenoxy) is 2. The smallest absolute Gasteiger partial charge is 0.203 e. The molecule has 0 amide bonds. The topological polar surface area (TPSA) is 55.8 Å². The van der Waals surface area contributed by atoms with Gasteiger partial charge in [-0.1, -0.05) is 6.92 Å². The number of carbonyl (C=O) groups is 1. The fraction of sp³-hybridized carbons (Fsp3) is 0.364. The zero-order valence-corrected chi connectivity index (χ0v) is 8.82. The first-order chi connectivity index (χ1) is 7.24. The molecule has 1 N–H and O–H groups in total. The molecule has 0 radical (unpaired) electrons. The monoisotopic (exact) mass is 210 g/mol. The third-order valence-corrected chi connectivity index (χ3v) is 1.90. The van der Waals surface area contributed by atoms with Gasteiger partial charge in [0.2, 0.25) is 5.75 Å². The molecule has 1 aromatic rings. The molecule has 0 bridgehead atoms. The van der Waals surface area contributed by atoms with Gasteiger partial charge >= 0.3 is 0 Å². The molecule has 0 spiro atoms. The highest BCUT2D eigenvalue weighted by Crippen LogP contribution is 2.38. The van der Waals surface area contributed by atoms with Crippen molar-refractivity contribution in [3.8, 4) is 17.2 Å². The molecule has 0 unspecified atom stereocenters. The van der Waals surface area contributed by atoms with Crippen molar-refractivity contribution >= 4 is 6.29 Å². The highest BCUT2D eigenvalue weighted by molar-refractivity contribution is 5.82. The second-order valence-electron chi connectivity index (χ2n) is 3.00. The van der Waals surface area contributed by atoms with E-state index in [-0.39, 0.29) is 11.5 Å². The van der Waals surface area contributed by atoms with E-state index < -0.39 is 0 Å². The summed E-state index contributed by atoms with van der Waals surface area (Å²) in [5.74, 6) is 0.469. The predicted octanol–water partition coefficient (Wildman–Crippen LogP) is 2.00. The van der Waals surface area contributed by atoms with Crippen LogP contribution in [0.15, 0.2) is 12.1 Å². The highest BCUT2D eigenvalue weighted by Gasteiger charge is 2.14. The maximum absolute atomic E-state index is 10.8. The Labute approximate surface area is 88.4 Å². The minimum absolute atomic E-state index is 0.0331. The second-order valence-corrected chi connectivity index (χ2v) is 3.00. The summed E-state index contributed by atoms with van der Waals surface area (Å²) in [6.07, 6.45) is 1.49. The Balaban J connectivity index is 3.14. The molecule has 4 nitrogen and oxygen atoms in total. The molecule has 0 aliphatic rings. The van der Waals surface area contributed by atoms with Crippen molar-refractivity contribution in [2.75, 3.05) is 13.7 Å². The van der Waals surface area contributed by atoms with E-state index in [0.29, 0.717) is 24.2 Å². The fourth-order valence-electron chi connectivity index (χ4n) is 1.21. The second kappa shape index (κ2) is 5.24. The third-order valence-electron chi connectivity index (χ3n) is 1.90. The van der Waals surface area contributed by atoms with Crippen LogP contribution in [0.4, 0.5) is 0 Å². The van der Waals surface area contributed by atoms with E-state index in [9.17, 15) is 9.90 Å². The minimum atomic E-state index is -0.0331. The molecular weight excluding hydrogens is 196 g/mol. The summed E-state index contributed by atoms with van der Waals surface area (Å²) in [5, 5.41) is 9.49. The SMILES string of the molecule is CCCOc1c(C=O)ccc(O)c1OC. The molecule has 1 aromatic carbocycles. The van der Waals surface area contributed by atoms with Crippen LogP contribution in [-0.4, -0.2) is 25.1 Å². The molecule has 0 aliphatic heterocycles. The van der Waals surface area contributed by atoms with Crippen LogP contribution in [0.1, 0.15) is 23.7 Å². The van der Waals surface area contributed by atoms with Crippen LogP contribution >= 0.6 is 0 Å². The molecule has 4 heteroatoms. The van der Waals surface area contributed by atoms with E-state index in [1.165, 1.54) is 19.2 Å². The van der Waals surface area contributed by atoms with Crippen LogP contribution in [0, 0.1) is 0 Å². The minimum Gasteiger partial charge on any atom is -0.504 e. The van der Waals surface area contributed by atoms with Crippen LogP contribution in [-0.2, 0) is 0 Å². The lowest BCUT2D eigenvalue weighted by atomic mass is 10.2. The summed E-state index contributed by atoms with van der Waals surface area (Å²) in [6, 6.07) is 2.90. The molecule has 0 aromatic heterocycles. The van der Waals surface area contributed by atoms with Crippen LogP contribution in [0.25, 0.3) is 0 Å². The van der Waals surface area contributed by atoms with E-state index in [1.54, 1.807) is 0 Å². The van der Waals surface area contributed by atoms with Crippen LogP contribution < -0.4 is 9.47 Å². The number of carbonyl (C=O) groups excluding carboxylic acids is 1. The van der Waals surface area contributed by atoms with Gasteiger partial charge in [0, 0.05) is 0 Å². The van der Waals surface area contributed by atoms with Crippen LogP contribution in [0.3, 0.4) is 0 Å². The van der Waals surface area contributed by atoms with Gasteiger partial charge in [-0.05, 0) is 18.6 Å². The zero-order valence-electron chi connectivity index (χ0n) is 8.82. The molecular formula is C11H14O4. The van der Waals surface area contributed by atoms with E-state index in [1.807, 2.05) is 6.92 Å². The van der Waals surface area contributed by atoms with Gasteiger partial charge in [0.1, 0.15) is 0 Å². The first kappa shape index (κ1) is 11.4. The average molecular weight is 210 g/mol. The van der Waals surface area contributed by atoms with Crippen molar-refractivity contribution < 1.29 is 19.4 Å². The molecule has 0 saturated carbocycles. The van der Waals surface area contributed by atoms with Gasteiger partial charge in [-0.25, -0.2) is 0 Å². The molecule has 0 atom stereocenters. The van der Waals surface area contributed by atoms with E-state index in [4.69, 9.17) is 9.47 Å². The van der Waals surface area contributed by atoms with E-state index in [2.05, 4.69) is 0 Å². The number of phenolic OH excluding ortho intramolecular Hbond substituents is 1. The molecule has 15 heavy (non-hydrogen) atoms. The Hall–Kier alpha value is -1.71. The zero-order chi connectivity index (χ0) is 11.3. The summed E-state index contributed by atoms with van der Waals surface area (Å²) in [4.78, 5) is 10.8. The summed E-state index contributed by atoms with van der Waals surface area (Å²) < 4.78 is 10.3. The van der Waals surface area contributed by atoms with E-state index in [0.717, 1.165) is 6.42 Å². The normalized spacial score (nSPS) is 9.73. The quantitative estimate of drug-likeness (QED) is 0.755. The van der Waals surface area contributed by atoms with Gasteiger partial charge < -0.3 is 14.6 Å². The molecule has 0 aliphatic carbocycles. The van der Waals surface area contributed by atoms with Crippen molar-refractivity contribution in [3.05, 3.63) is 17.7 Å². The maximum Gasteiger partial charge on any atom is 0.203 e. The Morgan fingerprint density at radius 3 is 2.67 bits per heavy atom.